The van der Waals surface area contributed by atoms with Crippen LogP contribution in [-0.4, -0.2) is 40.1 Å². The van der Waals surface area contributed by atoms with Crippen molar-refractivity contribution in [2.24, 2.45) is 0 Å². The zero-order valence-corrected chi connectivity index (χ0v) is 21.2. The van der Waals surface area contributed by atoms with Gasteiger partial charge < -0.3 is 15.2 Å². The summed E-state index contributed by atoms with van der Waals surface area (Å²) in [4.78, 5) is 29.1. The number of aliphatic hydroxyl groups excluding tert-OH is 1. The normalized spacial score (nSPS) is 14.9. The molecule has 39 heavy (non-hydrogen) atoms. The van der Waals surface area contributed by atoms with Crippen LogP contribution in [0.3, 0.4) is 0 Å². The quantitative estimate of drug-likeness (QED) is 0.329. The highest BCUT2D eigenvalue weighted by atomic mass is 19.4. The number of benzene rings is 2. The second kappa shape index (κ2) is 11.5. The number of aliphatic hydroxyl groups is 1. The summed E-state index contributed by atoms with van der Waals surface area (Å²) in [5, 5.41) is 11.6. The molecule has 1 saturated carbocycles. The van der Waals surface area contributed by atoms with E-state index < -0.39 is 29.4 Å². The summed E-state index contributed by atoms with van der Waals surface area (Å²) in [5.74, 6) is -2.02. The van der Waals surface area contributed by atoms with E-state index in [1.807, 2.05) is 35.6 Å². The van der Waals surface area contributed by atoms with Gasteiger partial charge in [-0.15, -0.1) is 0 Å². The molecular weight excluding hydrogens is 516 g/mol. The number of amides is 1. The lowest BCUT2D eigenvalue weighted by Gasteiger charge is -2.20. The van der Waals surface area contributed by atoms with Crippen LogP contribution >= 0.6 is 0 Å². The summed E-state index contributed by atoms with van der Waals surface area (Å²) < 4.78 is 60.5. The van der Waals surface area contributed by atoms with Crippen molar-refractivity contribution in [3.05, 3.63) is 94.6 Å². The Balaban J connectivity index is 1.46. The van der Waals surface area contributed by atoms with E-state index in [2.05, 4.69) is 4.98 Å². The Morgan fingerprint density at radius 3 is 2.44 bits per heavy atom. The molecule has 0 saturated heterocycles. The molecule has 1 amide bonds. The number of ether oxygens (including phenoxy) is 1. The number of pyridine rings is 1. The van der Waals surface area contributed by atoms with Crippen molar-refractivity contribution in [2.45, 2.75) is 56.8 Å². The fourth-order valence-electron chi connectivity index (χ4n) is 4.19. The van der Waals surface area contributed by atoms with E-state index in [9.17, 15) is 32.3 Å². The molecule has 1 heterocycles. The van der Waals surface area contributed by atoms with E-state index in [1.165, 1.54) is 30.5 Å². The number of carbonyl (C=O) groups excluding carboxylic acids is 2. The van der Waals surface area contributed by atoms with Crippen LogP contribution in [0, 0.1) is 5.82 Å². The van der Waals surface area contributed by atoms with Crippen LogP contribution in [0.2, 0.25) is 0 Å². The highest BCUT2D eigenvalue weighted by Crippen LogP contribution is 2.49. The molecule has 1 fully saturated rings. The van der Waals surface area contributed by atoms with Crippen LogP contribution in [0.15, 0.2) is 60.8 Å². The molecule has 2 aromatic carbocycles. The molecule has 0 spiro atoms. The first-order valence-corrected chi connectivity index (χ1v) is 12.5. The predicted octanol–water partition coefficient (Wildman–Crippen LogP) is 5.07. The predicted molar refractivity (Wildman–Crippen MR) is 135 cm³/mol. The molecule has 3 aromatic rings. The van der Waals surface area contributed by atoms with Gasteiger partial charge in [-0.05, 0) is 53.8 Å². The molecule has 1 aliphatic carbocycles. The minimum atomic E-state index is -4.56. The number of hydrogen-bond acceptors (Lipinski definition) is 5. The monoisotopic (exact) mass is 544 g/mol. The van der Waals surface area contributed by atoms with Gasteiger partial charge in [0.15, 0.2) is 0 Å². The lowest BCUT2D eigenvalue weighted by Crippen LogP contribution is -2.48. The smallest absolute Gasteiger partial charge is 0.411 e. The Labute approximate surface area is 223 Å². The zero-order chi connectivity index (χ0) is 28.2. The van der Waals surface area contributed by atoms with Gasteiger partial charge in [0.1, 0.15) is 35.2 Å². The average molecular weight is 545 g/mol. The number of alkyl halides is 3. The summed E-state index contributed by atoms with van der Waals surface area (Å²) >= 11 is 0. The number of Topliss-reactive ketones (excluding diaryl/α,β-unsaturated/α-hetero) is 1. The molecule has 1 atom stereocenters. The minimum Gasteiger partial charge on any atom is -0.489 e. The van der Waals surface area contributed by atoms with Crippen molar-refractivity contribution < 1.29 is 37.0 Å². The molecule has 1 unspecified atom stereocenters. The van der Waals surface area contributed by atoms with E-state index in [0.717, 1.165) is 5.56 Å². The highest BCUT2D eigenvalue weighted by molar-refractivity contribution is 5.93. The number of halogens is 4. The molecule has 206 valence electrons. The molecule has 1 aromatic heterocycles. The number of aromatic nitrogens is 1. The Morgan fingerprint density at radius 2 is 1.79 bits per heavy atom. The Morgan fingerprint density at radius 1 is 1.08 bits per heavy atom. The molecule has 0 radical (unpaired) electrons. The number of ketones is 1. The number of rotatable bonds is 11. The van der Waals surface area contributed by atoms with Gasteiger partial charge in [-0.2, -0.15) is 13.2 Å². The third kappa shape index (κ3) is 6.81. The van der Waals surface area contributed by atoms with E-state index in [-0.39, 0.29) is 55.9 Å². The standard InChI is InChI=1S/C29H28F4N2O4/c1-18(16-36)23-15-24(30)21(14-26(23)39-17-19-5-3-2-4-6-19)13-22(37)11-20-7-10-34-25(12-20)27(38)35-28(8-9-28)29(31,32)33/h2-7,10,12,14-15,18,36H,8-9,11,13,16-17H2,1H3,(H,35,38). The molecule has 1 aliphatic rings. The molecular formula is C29H28F4N2O4. The summed E-state index contributed by atoms with van der Waals surface area (Å²) in [7, 11) is 0. The van der Waals surface area contributed by atoms with Crippen molar-refractivity contribution in [1.82, 2.24) is 10.3 Å². The van der Waals surface area contributed by atoms with Crippen molar-refractivity contribution in [3.8, 4) is 5.75 Å². The molecule has 10 heteroatoms. The number of nitrogens with one attached hydrogen (secondary N) is 1. The molecule has 0 aliphatic heterocycles. The van der Waals surface area contributed by atoms with Crippen LogP contribution < -0.4 is 10.1 Å². The first-order valence-electron chi connectivity index (χ1n) is 12.5. The SMILES string of the molecule is CC(CO)c1cc(F)c(CC(=O)Cc2ccnc(C(=O)NC3(C(F)(F)F)CC3)c2)cc1OCc1ccccc1. The number of hydrogen-bond donors (Lipinski definition) is 2. The van der Waals surface area contributed by atoms with Gasteiger partial charge in [0.05, 0.1) is 0 Å². The van der Waals surface area contributed by atoms with Crippen LogP contribution in [0.25, 0.3) is 0 Å². The van der Waals surface area contributed by atoms with E-state index >= 15 is 0 Å². The second-order valence-electron chi connectivity index (χ2n) is 9.81. The Bertz CT molecular complexity index is 1340. The lowest BCUT2D eigenvalue weighted by atomic mass is 9.96. The summed E-state index contributed by atoms with van der Waals surface area (Å²) in [6, 6.07) is 14.8. The van der Waals surface area contributed by atoms with Crippen molar-refractivity contribution in [2.75, 3.05) is 6.61 Å². The maximum Gasteiger partial charge on any atom is 0.411 e. The van der Waals surface area contributed by atoms with Gasteiger partial charge >= 0.3 is 6.18 Å². The van der Waals surface area contributed by atoms with Gasteiger partial charge in [-0.1, -0.05) is 37.3 Å². The summed E-state index contributed by atoms with van der Waals surface area (Å²) in [6.07, 6.45) is -4.16. The molecule has 4 rings (SSSR count). The first kappa shape index (κ1) is 28.2. The second-order valence-corrected chi connectivity index (χ2v) is 9.81. The van der Waals surface area contributed by atoms with Crippen molar-refractivity contribution in [3.63, 3.8) is 0 Å². The minimum absolute atomic E-state index is 0.102. The Kier molecular flexibility index (Phi) is 8.34. The van der Waals surface area contributed by atoms with Gasteiger partial charge in [-0.3, -0.25) is 14.6 Å². The van der Waals surface area contributed by atoms with Gasteiger partial charge in [-0.25, -0.2) is 4.39 Å². The average Bonchev–Trinajstić information content (AvgIpc) is 3.70. The van der Waals surface area contributed by atoms with Crippen LogP contribution in [0.4, 0.5) is 17.6 Å². The largest absolute Gasteiger partial charge is 0.489 e. The van der Waals surface area contributed by atoms with Crippen LogP contribution in [0.1, 0.15) is 58.4 Å². The third-order valence-electron chi connectivity index (χ3n) is 6.71. The van der Waals surface area contributed by atoms with E-state index in [0.29, 0.717) is 16.9 Å². The summed E-state index contributed by atoms with van der Waals surface area (Å²) in [6.45, 7) is 1.72. The topological polar surface area (TPSA) is 88.5 Å². The maximum atomic E-state index is 15.0. The van der Waals surface area contributed by atoms with Crippen molar-refractivity contribution >= 4 is 11.7 Å². The summed E-state index contributed by atoms with van der Waals surface area (Å²) in [5.41, 5.74) is -0.634. The number of nitrogens with zero attached hydrogens (tertiary/aromatic N) is 1. The molecule has 0 bridgehead atoms. The van der Waals surface area contributed by atoms with E-state index in [1.54, 1.807) is 6.92 Å². The third-order valence-corrected chi connectivity index (χ3v) is 6.71. The van der Waals surface area contributed by atoms with E-state index in [4.69, 9.17) is 4.74 Å². The van der Waals surface area contributed by atoms with Gasteiger partial charge in [0.25, 0.3) is 5.91 Å². The van der Waals surface area contributed by atoms with Crippen molar-refractivity contribution in [1.29, 1.82) is 0 Å². The molecule has 2 N–H and O–H groups in total. The highest BCUT2D eigenvalue weighted by Gasteiger charge is 2.64. The number of carbonyl (C=O) groups is 2. The Hall–Kier alpha value is -3.79. The fraction of sp³-hybridized carbons (Fsp3) is 0.345. The molecule has 6 nitrogen and oxygen atoms in total. The van der Waals surface area contributed by atoms with Gasteiger partial charge in [0.2, 0.25) is 0 Å². The lowest BCUT2D eigenvalue weighted by molar-refractivity contribution is -0.163. The van der Waals surface area contributed by atoms with Crippen LogP contribution in [0.5, 0.6) is 5.75 Å². The van der Waals surface area contributed by atoms with Gasteiger partial charge in [0, 0.05) is 37.1 Å². The first-order chi connectivity index (χ1) is 18.5. The zero-order valence-electron chi connectivity index (χ0n) is 21.2. The maximum absolute atomic E-state index is 15.0. The fourth-order valence-corrected chi connectivity index (χ4v) is 4.19. The van der Waals surface area contributed by atoms with Crippen LogP contribution in [-0.2, 0) is 24.2 Å².